The van der Waals surface area contributed by atoms with Gasteiger partial charge in [-0.1, -0.05) is 30.3 Å². The molecule has 1 aromatic carbocycles. The average Bonchev–Trinajstić information content (AvgIpc) is 2.55. The smallest absolute Gasteiger partial charge is 0.315 e. The maximum atomic E-state index is 12.5. The van der Waals surface area contributed by atoms with Crippen molar-refractivity contribution >= 4 is 11.9 Å². The maximum Gasteiger partial charge on any atom is 0.315 e. The zero-order valence-electron chi connectivity index (χ0n) is 13.3. The van der Waals surface area contributed by atoms with Crippen molar-refractivity contribution in [1.29, 1.82) is 0 Å². The predicted octanol–water partition coefficient (Wildman–Crippen LogP) is 2.64. The van der Waals surface area contributed by atoms with Crippen LogP contribution in [0.3, 0.4) is 0 Å². The quantitative estimate of drug-likeness (QED) is 0.832. The van der Waals surface area contributed by atoms with E-state index in [0.717, 1.165) is 16.7 Å². The van der Waals surface area contributed by atoms with Crippen molar-refractivity contribution in [1.82, 2.24) is 9.88 Å². The van der Waals surface area contributed by atoms with Crippen molar-refractivity contribution in [3.8, 4) is 0 Å². The van der Waals surface area contributed by atoms with Gasteiger partial charge in [-0.25, -0.2) is 0 Å². The number of carboxylic acid groups (broad SMARTS) is 1. The summed E-state index contributed by atoms with van der Waals surface area (Å²) in [5.74, 6) is -2.59. The Labute approximate surface area is 135 Å². The molecule has 1 N–H and O–H groups in total. The first-order valence-electron chi connectivity index (χ1n) is 7.44. The highest BCUT2D eigenvalue weighted by molar-refractivity contribution is 5.96. The molecule has 0 fully saturated rings. The van der Waals surface area contributed by atoms with E-state index in [9.17, 15) is 9.59 Å². The van der Waals surface area contributed by atoms with Crippen LogP contribution in [0, 0.1) is 12.8 Å². The van der Waals surface area contributed by atoms with Crippen LogP contribution in [0.2, 0.25) is 0 Å². The lowest BCUT2D eigenvalue weighted by atomic mass is 10.1. The molecule has 5 heteroatoms. The van der Waals surface area contributed by atoms with Crippen LogP contribution in [0.4, 0.5) is 0 Å². The van der Waals surface area contributed by atoms with Crippen LogP contribution >= 0.6 is 0 Å². The van der Waals surface area contributed by atoms with Gasteiger partial charge in [-0.15, -0.1) is 0 Å². The summed E-state index contributed by atoms with van der Waals surface area (Å²) in [6, 6.07) is 11.4. The number of hydrogen-bond acceptors (Lipinski definition) is 3. The summed E-state index contributed by atoms with van der Waals surface area (Å²) in [5.41, 5.74) is 2.94. The molecule has 0 saturated carbocycles. The molecule has 0 bridgehead atoms. The van der Waals surface area contributed by atoms with E-state index in [0.29, 0.717) is 13.1 Å². The lowest BCUT2D eigenvalue weighted by Crippen LogP contribution is -2.37. The van der Waals surface area contributed by atoms with E-state index in [4.69, 9.17) is 5.11 Å². The summed E-state index contributed by atoms with van der Waals surface area (Å²) < 4.78 is 0. The Hall–Kier alpha value is -2.69. The summed E-state index contributed by atoms with van der Waals surface area (Å²) in [4.78, 5) is 29.3. The first-order chi connectivity index (χ1) is 11.0. The second-order valence-electron chi connectivity index (χ2n) is 5.54. The minimum atomic E-state index is -1.11. The summed E-state index contributed by atoms with van der Waals surface area (Å²) in [7, 11) is 0. The zero-order valence-corrected chi connectivity index (χ0v) is 13.3. The maximum absolute atomic E-state index is 12.5. The Kier molecular flexibility index (Phi) is 5.46. The first kappa shape index (κ1) is 16.7. The number of carbonyl (C=O) groups excluding carboxylic acids is 1. The minimum absolute atomic E-state index is 0.332. The molecule has 1 heterocycles. The van der Waals surface area contributed by atoms with Gasteiger partial charge in [0.05, 0.1) is 0 Å². The molecule has 0 aliphatic rings. The molecule has 0 radical (unpaired) electrons. The van der Waals surface area contributed by atoms with Gasteiger partial charge in [0.25, 0.3) is 0 Å². The van der Waals surface area contributed by atoms with Crippen molar-refractivity contribution in [2.75, 3.05) is 0 Å². The molecule has 0 aliphatic carbocycles. The molecule has 1 unspecified atom stereocenters. The average molecular weight is 312 g/mol. The SMILES string of the molecule is Cc1ccccc1CN(Cc1cccnc1)C(=O)C(C)C(=O)O. The van der Waals surface area contributed by atoms with Crippen LogP contribution in [-0.2, 0) is 22.7 Å². The zero-order chi connectivity index (χ0) is 16.8. The topological polar surface area (TPSA) is 70.5 Å². The van der Waals surface area contributed by atoms with E-state index in [2.05, 4.69) is 4.98 Å². The van der Waals surface area contributed by atoms with Gasteiger partial charge in [0.2, 0.25) is 5.91 Å². The van der Waals surface area contributed by atoms with Gasteiger partial charge >= 0.3 is 5.97 Å². The fraction of sp³-hybridized carbons (Fsp3) is 0.278. The van der Waals surface area contributed by atoms with Gasteiger partial charge in [0.1, 0.15) is 5.92 Å². The number of amides is 1. The molecule has 1 atom stereocenters. The van der Waals surface area contributed by atoms with Gasteiger partial charge in [0, 0.05) is 25.5 Å². The van der Waals surface area contributed by atoms with E-state index >= 15 is 0 Å². The van der Waals surface area contributed by atoms with Gasteiger partial charge in [0.15, 0.2) is 0 Å². The molecule has 5 nitrogen and oxygen atoms in total. The van der Waals surface area contributed by atoms with Gasteiger partial charge in [-0.3, -0.25) is 14.6 Å². The molecular formula is C18H20N2O3. The van der Waals surface area contributed by atoms with Crippen LogP contribution in [0.1, 0.15) is 23.6 Å². The summed E-state index contributed by atoms with van der Waals surface area (Å²) >= 11 is 0. The fourth-order valence-electron chi connectivity index (χ4n) is 2.30. The Morgan fingerprint density at radius 1 is 1.17 bits per heavy atom. The number of benzene rings is 1. The molecule has 120 valence electrons. The van der Waals surface area contributed by atoms with Crippen molar-refractivity contribution in [2.45, 2.75) is 26.9 Å². The molecule has 1 amide bonds. The molecule has 1 aromatic heterocycles. The Morgan fingerprint density at radius 3 is 2.52 bits per heavy atom. The van der Waals surface area contributed by atoms with Crippen LogP contribution in [0.25, 0.3) is 0 Å². The summed E-state index contributed by atoms with van der Waals surface area (Å²) in [5, 5.41) is 9.13. The number of rotatable bonds is 6. The van der Waals surface area contributed by atoms with Crippen molar-refractivity contribution in [3.63, 3.8) is 0 Å². The van der Waals surface area contributed by atoms with Crippen molar-refractivity contribution in [3.05, 3.63) is 65.5 Å². The summed E-state index contributed by atoms with van der Waals surface area (Å²) in [6.45, 7) is 4.10. The number of aromatic nitrogens is 1. The van der Waals surface area contributed by atoms with E-state index < -0.39 is 17.8 Å². The van der Waals surface area contributed by atoms with E-state index in [1.165, 1.54) is 6.92 Å². The van der Waals surface area contributed by atoms with Crippen molar-refractivity contribution < 1.29 is 14.7 Å². The van der Waals surface area contributed by atoms with E-state index in [1.54, 1.807) is 23.4 Å². The number of carbonyl (C=O) groups is 2. The highest BCUT2D eigenvalue weighted by Crippen LogP contribution is 2.16. The number of pyridine rings is 1. The lowest BCUT2D eigenvalue weighted by Gasteiger charge is -2.25. The Bertz CT molecular complexity index is 686. The molecule has 0 aliphatic heterocycles. The van der Waals surface area contributed by atoms with E-state index in [1.807, 2.05) is 37.3 Å². The molecule has 23 heavy (non-hydrogen) atoms. The third kappa shape index (κ3) is 4.39. The molecule has 0 saturated heterocycles. The molecule has 2 rings (SSSR count). The van der Waals surface area contributed by atoms with Crippen LogP contribution in [-0.4, -0.2) is 26.9 Å². The third-order valence-electron chi connectivity index (χ3n) is 3.77. The minimum Gasteiger partial charge on any atom is -0.481 e. The number of aliphatic carboxylic acids is 1. The molecule has 2 aromatic rings. The Morgan fingerprint density at radius 2 is 1.91 bits per heavy atom. The third-order valence-corrected chi connectivity index (χ3v) is 3.77. The molecular weight excluding hydrogens is 292 g/mol. The van der Waals surface area contributed by atoms with Crippen LogP contribution in [0.15, 0.2) is 48.8 Å². The number of carboxylic acids is 1. The summed E-state index contributed by atoms with van der Waals surface area (Å²) in [6.07, 6.45) is 3.35. The first-order valence-corrected chi connectivity index (χ1v) is 7.44. The second kappa shape index (κ2) is 7.54. The standard InChI is InChI=1S/C18H20N2O3/c1-13-6-3-4-8-16(13)12-20(17(21)14(2)18(22)23)11-15-7-5-9-19-10-15/h3-10,14H,11-12H2,1-2H3,(H,22,23). The monoisotopic (exact) mass is 312 g/mol. The van der Waals surface area contributed by atoms with E-state index in [-0.39, 0.29) is 0 Å². The van der Waals surface area contributed by atoms with Gasteiger partial charge in [-0.05, 0) is 36.6 Å². The fourth-order valence-corrected chi connectivity index (χ4v) is 2.30. The normalized spacial score (nSPS) is 11.7. The predicted molar refractivity (Wildman–Crippen MR) is 86.5 cm³/mol. The van der Waals surface area contributed by atoms with Crippen LogP contribution < -0.4 is 0 Å². The van der Waals surface area contributed by atoms with Gasteiger partial charge in [-0.2, -0.15) is 0 Å². The lowest BCUT2D eigenvalue weighted by molar-refractivity contribution is -0.150. The highest BCUT2D eigenvalue weighted by atomic mass is 16.4. The largest absolute Gasteiger partial charge is 0.481 e. The Balaban J connectivity index is 2.25. The number of hydrogen-bond donors (Lipinski definition) is 1. The van der Waals surface area contributed by atoms with Crippen molar-refractivity contribution in [2.24, 2.45) is 5.92 Å². The molecule has 0 spiro atoms. The number of nitrogens with zero attached hydrogens (tertiary/aromatic N) is 2. The highest BCUT2D eigenvalue weighted by Gasteiger charge is 2.26. The van der Waals surface area contributed by atoms with Crippen LogP contribution in [0.5, 0.6) is 0 Å². The number of aryl methyl sites for hydroxylation is 1. The second-order valence-corrected chi connectivity index (χ2v) is 5.54. The van der Waals surface area contributed by atoms with Gasteiger partial charge < -0.3 is 10.0 Å².